The van der Waals surface area contributed by atoms with Crippen LogP contribution in [0.3, 0.4) is 0 Å². The molecule has 2 atom stereocenters. The first-order valence-electron chi connectivity index (χ1n) is 22.4. The fourth-order valence-electron chi connectivity index (χ4n) is 7.03. The van der Waals surface area contributed by atoms with Crippen LogP contribution < -0.4 is 9.47 Å². The zero-order valence-corrected chi connectivity index (χ0v) is 35.5. The summed E-state index contributed by atoms with van der Waals surface area (Å²) in [5.41, 5.74) is 2.91. The number of hydrogen-bond acceptors (Lipinski definition) is 6. The summed E-state index contributed by atoms with van der Waals surface area (Å²) in [6.45, 7) is 9.75. The van der Waals surface area contributed by atoms with Crippen molar-refractivity contribution < 1.29 is 28.5 Å². The molecule has 0 amide bonds. The topological polar surface area (TPSA) is 71.1 Å². The molecule has 0 aromatic heterocycles. The maximum atomic E-state index is 12.9. The van der Waals surface area contributed by atoms with Gasteiger partial charge in [0.15, 0.2) is 0 Å². The second-order valence-electron chi connectivity index (χ2n) is 15.5. The van der Waals surface area contributed by atoms with Crippen LogP contribution in [0.4, 0.5) is 0 Å². The van der Waals surface area contributed by atoms with Crippen LogP contribution in [0, 0.1) is 0 Å². The largest absolute Gasteiger partial charge is 0.494 e. The summed E-state index contributed by atoms with van der Waals surface area (Å²) < 4.78 is 23.7. The molecule has 310 valence electrons. The summed E-state index contributed by atoms with van der Waals surface area (Å²) in [5, 5.41) is 0. The number of carbonyl (C=O) groups excluding carboxylic acids is 2. The van der Waals surface area contributed by atoms with Gasteiger partial charge in [-0.2, -0.15) is 0 Å². The molecular formula is C50H74O6. The van der Waals surface area contributed by atoms with E-state index in [0.29, 0.717) is 16.9 Å². The summed E-state index contributed by atoms with van der Waals surface area (Å²) in [7, 11) is 0. The molecular weight excluding hydrogens is 697 g/mol. The first-order chi connectivity index (χ1) is 27.5. The lowest BCUT2D eigenvalue weighted by Crippen LogP contribution is -2.27. The van der Waals surface area contributed by atoms with E-state index < -0.39 is 11.9 Å². The van der Waals surface area contributed by atoms with E-state index in [4.69, 9.17) is 18.9 Å². The number of carbonyl (C=O) groups is 2. The maximum Gasteiger partial charge on any atom is 0.343 e. The third kappa shape index (κ3) is 19.5. The Kier molecular flexibility index (Phi) is 24.7. The van der Waals surface area contributed by atoms with Crippen LogP contribution >= 0.6 is 0 Å². The van der Waals surface area contributed by atoms with Gasteiger partial charge in [-0.3, -0.25) is 0 Å². The van der Waals surface area contributed by atoms with Gasteiger partial charge in [-0.15, -0.1) is 0 Å². The van der Waals surface area contributed by atoms with Crippen molar-refractivity contribution in [3.05, 3.63) is 83.9 Å². The Bertz CT molecular complexity index is 1430. The normalized spacial score (nSPS) is 12.3. The minimum atomic E-state index is -0.459. The smallest absolute Gasteiger partial charge is 0.343 e. The van der Waals surface area contributed by atoms with Crippen molar-refractivity contribution in [1.82, 2.24) is 0 Å². The van der Waals surface area contributed by atoms with Gasteiger partial charge in [0, 0.05) is 0 Å². The second-order valence-corrected chi connectivity index (χ2v) is 15.5. The molecule has 3 rings (SSSR count). The standard InChI is InChI=1S/C50H74O6/c1-5-9-11-13-15-17-18-20-22-24-39-53-46-35-31-42(32-36-46)41-27-29-44(30-28-41)50(52)56-48-37-33-43(34-38-48)49(51)54-40-45(8-4)55-47(25-7-3)26-23-21-19-16-14-12-10-6-2/h27-38,45,47H,5-26,39-40H2,1-4H3/t45-,47?/m0/s1. The molecule has 0 aliphatic carbocycles. The lowest BCUT2D eigenvalue weighted by Gasteiger charge is -2.24. The van der Waals surface area contributed by atoms with Gasteiger partial charge in [0.25, 0.3) is 0 Å². The number of rotatable bonds is 32. The van der Waals surface area contributed by atoms with E-state index >= 15 is 0 Å². The van der Waals surface area contributed by atoms with Gasteiger partial charge in [0.1, 0.15) is 18.1 Å². The number of ether oxygens (including phenoxy) is 4. The molecule has 0 aliphatic heterocycles. The summed E-state index contributed by atoms with van der Waals surface area (Å²) in [6, 6.07) is 22.0. The molecule has 0 N–H and O–H groups in total. The Morgan fingerprint density at radius 3 is 1.46 bits per heavy atom. The molecule has 1 unspecified atom stereocenters. The van der Waals surface area contributed by atoms with Crippen LogP contribution in [-0.2, 0) is 9.47 Å². The van der Waals surface area contributed by atoms with Gasteiger partial charge < -0.3 is 18.9 Å². The Balaban J connectivity index is 1.36. The molecule has 0 spiro atoms. The predicted octanol–water partition coefficient (Wildman–Crippen LogP) is 14.5. The van der Waals surface area contributed by atoms with Crippen molar-refractivity contribution in [1.29, 1.82) is 0 Å². The molecule has 3 aromatic rings. The van der Waals surface area contributed by atoms with Crippen molar-refractivity contribution in [3.63, 3.8) is 0 Å². The summed E-state index contributed by atoms with van der Waals surface area (Å²) in [6.07, 6.45) is 27.5. The third-order valence-electron chi connectivity index (χ3n) is 10.6. The van der Waals surface area contributed by atoms with Gasteiger partial charge in [0.05, 0.1) is 29.9 Å². The molecule has 6 nitrogen and oxygen atoms in total. The predicted molar refractivity (Wildman–Crippen MR) is 232 cm³/mol. The van der Waals surface area contributed by atoms with Crippen molar-refractivity contribution >= 4 is 11.9 Å². The first kappa shape index (κ1) is 46.7. The van der Waals surface area contributed by atoms with E-state index in [1.807, 2.05) is 36.4 Å². The third-order valence-corrected chi connectivity index (χ3v) is 10.6. The van der Waals surface area contributed by atoms with Crippen molar-refractivity contribution in [2.45, 2.75) is 181 Å². The average molecular weight is 771 g/mol. The molecule has 0 fully saturated rings. The van der Waals surface area contributed by atoms with E-state index in [2.05, 4.69) is 27.7 Å². The molecule has 0 heterocycles. The van der Waals surface area contributed by atoms with Crippen LogP contribution in [-0.4, -0.2) is 37.4 Å². The Hall–Kier alpha value is -3.64. The molecule has 0 aliphatic rings. The van der Waals surface area contributed by atoms with E-state index in [1.54, 1.807) is 36.4 Å². The quantitative estimate of drug-likeness (QED) is 0.0358. The fraction of sp³-hybridized carbons (Fsp3) is 0.600. The molecule has 0 saturated carbocycles. The van der Waals surface area contributed by atoms with E-state index in [-0.39, 0.29) is 18.8 Å². The fourth-order valence-corrected chi connectivity index (χ4v) is 7.03. The highest BCUT2D eigenvalue weighted by molar-refractivity contribution is 5.92. The van der Waals surface area contributed by atoms with E-state index in [9.17, 15) is 9.59 Å². The second kappa shape index (κ2) is 29.6. The Labute approximate surface area is 340 Å². The summed E-state index contributed by atoms with van der Waals surface area (Å²) in [4.78, 5) is 25.8. The number of unbranched alkanes of at least 4 members (excludes halogenated alkanes) is 16. The van der Waals surface area contributed by atoms with Crippen molar-refractivity contribution in [3.8, 4) is 22.6 Å². The van der Waals surface area contributed by atoms with Crippen LogP contribution in [0.15, 0.2) is 72.8 Å². The monoisotopic (exact) mass is 771 g/mol. The van der Waals surface area contributed by atoms with Crippen molar-refractivity contribution in [2.75, 3.05) is 13.2 Å². The van der Waals surface area contributed by atoms with Crippen molar-refractivity contribution in [2.24, 2.45) is 0 Å². The highest BCUT2D eigenvalue weighted by atomic mass is 16.6. The van der Waals surface area contributed by atoms with E-state index in [1.165, 1.54) is 109 Å². The lowest BCUT2D eigenvalue weighted by molar-refractivity contribution is -0.0548. The Morgan fingerprint density at radius 1 is 0.464 bits per heavy atom. The molecule has 0 bridgehead atoms. The zero-order valence-electron chi connectivity index (χ0n) is 35.5. The first-order valence-corrected chi connectivity index (χ1v) is 22.4. The zero-order chi connectivity index (χ0) is 40.1. The molecule has 3 aromatic carbocycles. The minimum absolute atomic E-state index is 0.131. The highest BCUT2D eigenvalue weighted by Crippen LogP contribution is 2.24. The van der Waals surface area contributed by atoms with Crippen LogP contribution in [0.25, 0.3) is 11.1 Å². The molecule has 56 heavy (non-hydrogen) atoms. The average Bonchev–Trinajstić information content (AvgIpc) is 3.22. The lowest BCUT2D eigenvalue weighted by atomic mass is 10.0. The molecule has 6 heteroatoms. The number of benzene rings is 3. The summed E-state index contributed by atoms with van der Waals surface area (Å²) in [5.74, 6) is 0.370. The van der Waals surface area contributed by atoms with Gasteiger partial charge in [-0.05, 0) is 85.3 Å². The summed E-state index contributed by atoms with van der Waals surface area (Å²) >= 11 is 0. The number of esters is 2. The van der Waals surface area contributed by atoms with Crippen LogP contribution in [0.2, 0.25) is 0 Å². The van der Waals surface area contributed by atoms with Gasteiger partial charge in [0.2, 0.25) is 0 Å². The minimum Gasteiger partial charge on any atom is -0.494 e. The van der Waals surface area contributed by atoms with Gasteiger partial charge in [-0.25, -0.2) is 9.59 Å². The molecule has 0 saturated heterocycles. The Morgan fingerprint density at radius 2 is 0.929 bits per heavy atom. The maximum absolute atomic E-state index is 12.9. The van der Waals surface area contributed by atoms with Crippen LogP contribution in [0.5, 0.6) is 11.5 Å². The van der Waals surface area contributed by atoms with Gasteiger partial charge in [-0.1, -0.05) is 168 Å². The van der Waals surface area contributed by atoms with Crippen LogP contribution in [0.1, 0.15) is 190 Å². The number of hydrogen-bond donors (Lipinski definition) is 0. The van der Waals surface area contributed by atoms with E-state index in [0.717, 1.165) is 55.6 Å². The van der Waals surface area contributed by atoms with Gasteiger partial charge >= 0.3 is 11.9 Å². The SMILES string of the molecule is CCCCCCCCCCCCOc1ccc(-c2ccc(C(=O)Oc3ccc(C(=O)OC[C@H](CC)OC(CCC)CCCCCCCCCC)cc3)cc2)cc1. The highest BCUT2D eigenvalue weighted by Gasteiger charge is 2.18. The molecule has 0 radical (unpaired) electrons.